The Morgan fingerprint density at radius 3 is 2.31 bits per heavy atom. The van der Waals surface area contributed by atoms with Crippen LogP contribution in [0.1, 0.15) is 33.7 Å². The summed E-state index contributed by atoms with van der Waals surface area (Å²) in [7, 11) is 2.73. The molecule has 0 saturated carbocycles. The monoisotopic (exact) mass is 521 g/mol. The van der Waals surface area contributed by atoms with Gasteiger partial charge in [-0.25, -0.2) is 28.7 Å². The Labute approximate surface area is 206 Å². The summed E-state index contributed by atoms with van der Waals surface area (Å²) in [6.45, 7) is 7.87. The molecule has 0 amide bonds. The van der Waals surface area contributed by atoms with Gasteiger partial charge in [-0.3, -0.25) is 0 Å². The summed E-state index contributed by atoms with van der Waals surface area (Å²) >= 11 is 0. The summed E-state index contributed by atoms with van der Waals surface area (Å²) in [5, 5.41) is 18.9. The first-order valence-electron chi connectivity index (χ1n) is 11.2. The van der Waals surface area contributed by atoms with Gasteiger partial charge in [0, 0.05) is 30.8 Å². The maximum atomic E-state index is 13.6. The molecule has 2 fully saturated rings. The molecule has 2 aromatic rings. The van der Waals surface area contributed by atoms with Crippen molar-refractivity contribution >= 4 is 10.9 Å². The Bertz CT molecular complexity index is 993. The molecule has 3 heterocycles. The Kier molecular flexibility index (Phi) is 8.55. The molecule has 1 aromatic carbocycles. The van der Waals surface area contributed by atoms with Crippen LogP contribution in [0, 0.1) is 17.5 Å². The summed E-state index contributed by atoms with van der Waals surface area (Å²) in [6.07, 6.45) is 2.56. The van der Waals surface area contributed by atoms with Crippen LogP contribution in [0.5, 0.6) is 0 Å². The zero-order valence-corrected chi connectivity index (χ0v) is 21.9. The van der Waals surface area contributed by atoms with Crippen LogP contribution in [-0.4, -0.2) is 82.0 Å². The summed E-state index contributed by atoms with van der Waals surface area (Å²) in [4.78, 5) is 0. The summed E-state index contributed by atoms with van der Waals surface area (Å²) in [5.74, 6) is -4.74. The second-order valence-corrected chi connectivity index (χ2v) is 12.0. The topological polar surface area (TPSA) is 87.9 Å². The van der Waals surface area contributed by atoms with E-state index in [0.717, 1.165) is 12.1 Å². The van der Waals surface area contributed by atoms with Gasteiger partial charge >= 0.3 is 0 Å². The van der Waals surface area contributed by atoms with Crippen molar-refractivity contribution in [3.05, 3.63) is 35.8 Å². The highest BCUT2D eigenvalue weighted by atomic mass is 32.2. The molecule has 0 aliphatic carbocycles. The van der Waals surface area contributed by atoms with E-state index in [1.165, 1.54) is 10.9 Å². The molecule has 35 heavy (non-hydrogen) atoms. The number of fused-ring (bicyclic) bond motifs is 1. The van der Waals surface area contributed by atoms with Crippen LogP contribution in [0.2, 0.25) is 0 Å². The Morgan fingerprint density at radius 1 is 1.17 bits per heavy atom. The number of benzene rings is 1. The van der Waals surface area contributed by atoms with E-state index in [-0.39, 0.29) is 22.6 Å². The van der Waals surface area contributed by atoms with Crippen LogP contribution in [0.25, 0.3) is 11.3 Å². The maximum Gasteiger partial charge on any atom is 0.194 e. The van der Waals surface area contributed by atoms with Crippen LogP contribution in [0.15, 0.2) is 18.3 Å². The second kappa shape index (κ2) is 10.7. The summed E-state index contributed by atoms with van der Waals surface area (Å²) in [5.41, 5.74) is 0.243. The number of aliphatic hydroxyl groups is 1. The fourth-order valence-electron chi connectivity index (χ4n) is 3.92. The molecular formula is C23H34F3N3O5S. The molecule has 2 aliphatic heterocycles. The van der Waals surface area contributed by atoms with E-state index in [2.05, 4.69) is 16.6 Å². The van der Waals surface area contributed by atoms with Crippen molar-refractivity contribution in [2.75, 3.05) is 32.8 Å². The van der Waals surface area contributed by atoms with Crippen LogP contribution >= 0.6 is 10.9 Å². The molecule has 4 rings (SSSR count). The smallest absolute Gasteiger partial charge is 0.194 e. The van der Waals surface area contributed by atoms with Gasteiger partial charge < -0.3 is 24.1 Å². The van der Waals surface area contributed by atoms with Gasteiger partial charge in [0.05, 0.1) is 25.0 Å². The van der Waals surface area contributed by atoms with Gasteiger partial charge in [-0.1, -0.05) is 5.21 Å². The molecule has 2 aliphatic rings. The average molecular weight is 522 g/mol. The lowest BCUT2D eigenvalue weighted by atomic mass is 10.0. The average Bonchev–Trinajstić information content (AvgIpc) is 3.26. The molecular weight excluding hydrogens is 487 g/mol. The first kappa shape index (κ1) is 27.9. The molecule has 1 aromatic heterocycles. The Balaban J connectivity index is 0.000000429. The third-order valence-corrected chi connectivity index (χ3v) is 8.78. The minimum Gasteiger partial charge on any atom is -0.390 e. The SMILES string of the molecule is COC(C)(C)OC.C[SH]1C[C@H](O)[C@@H](n2cc(-c3cc(F)c(F)c(F)c3)nn2)[C@H]2OC(C)(C)OC[C@H]21. The van der Waals surface area contributed by atoms with E-state index in [9.17, 15) is 18.3 Å². The van der Waals surface area contributed by atoms with Gasteiger partial charge in [0.2, 0.25) is 0 Å². The predicted molar refractivity (Wildman–Crippen MR) is 127 cm³/mol. The molecule has 5 atom stereocenters. The Morgan fingerprint density at radius 2 is 1.77 bits per heavy atom. The molecule has 0 spiro atoms. The number of hydrogen-bond acceptors (Lipinski definition) is 7. The van der Waals surface area contributed by atoms with Crippen molar-refractivity contribution in [1.82, 2.24) is 15.0 Å². The molecule has 1 unspecified atom stereocenters. The van der Waals surface area contributed by atoms with Gasteiger partial charge in [0.25, 0.3) is 0 Å². The lowest BCUT2D eigenvalue weighted by Crippen LogP contribution is -2.58. The van der Waals surface area contributed by atoms with E-state index in [4.69, 9.17) is 18.9 Å². The number of ether oxygens (including phenoxy) is 4. The molecule has 12 heteroatoms. The van der Waals surface area contributed by atoms with E-state index in [0.29, 0.717) is 12.4 Å². The first-order valence-corrected chi connectivity index (χ1v) is 13.2. The summed E-state index contributed by atoms with van der Waals surface area (Å²) < 4.78 is 63.4. The van der Waals surface area contributed by atoms with Crippen LogP contribution in [-0.2, 0) is 18.9 Å². The molecule has 0 radical (unpaired) electrons. The van der Waals surface area contributed by atoms with Crippen LogP contribution < -0.4 is 0 Å². The lowest BCUT2D eigenvalue weighted by molar-refractivity contribution is -0.283. The van der Waals surface area contributed by atoms with Crippen LogP contribution in [0.3, 0.4) is 0 Å². The number of halogens is 3. The van der Waals surface area contributed by atoms with Gasteiger partial charge in [-0.15, -0.1) is 5.10 Å². The number of thiol groups is 1. The summed E-state index contributed by atoms with van der Waals surface area (Å²) in [6, 6.07) is 1.22. The fourth-order valence-corrected chi connectivity index (χ4v) is 6.07. The first-order chi connectivity index (χ1) is 16.3. The molecule has 2 saturated heterocycles. The lowest BCUT2D eigenvalue weighted by Gasteiger charge is -2.51. The number of nitrogens with zero attached hydrogens (tertiary/aromatic N) is 3. The molecule has 0 bridgehead atoms. The largest absolute Gasteiger partial charge is 0.390 e. The standard InChI is InChI=1S/C18H22F3N3O3S.C5H12O2/c1-18(2)26-7-14-17(27-18)16(13(25)8-28(14)3)24-6-12(22-23-24)9-4-10(19)15(21)11(20)5-9;1-5(2,6-3)7-4/h4-6,13-14,16-17,25,28H,7-8H2,1-3H3;1-4H3/t13-,14+,16+,17-;/m0./s1. The van der Waals surface area contributed by atoms with Crippen molar-refractivity contribution in [3.8, 4) is 11.3 Å². The van der Waals surface area contributed by atoms with Gasteiger partial charge in [-0.05, 0) is 46.1 Å². The quantitative estimate of drug-likeness (QED) is 0.362. The molecule has 1 N–H and O–H groups in total. The number of aliphatic hydroxyl groups excluding tert-OH is 1. The highest BCUT2D eigenvalue weighted by molar-refractivity contribution is 8.17. The van der Waals surface area contributed by atoms with Gasteiger partial charge in [0.1, 0.15) is 11.7 Å². The van der Waals surface area contributed by atoms with Crippen molar-refractivity contribution in [3.63, 3.8) is 0 Å². The zero-order chi connectivity index (χ0) is 26.1. The molecule has 198 valence electrons. The van der Waals surface area contributed by atoms with Gasteiger partial charge in [0.15, 0.2) is 29.0 Å². The van der Waals surface area contributed by atoms with Crippen molar-refractivity contribution in [1.29, 1.82) is 0 Å². The third-order valence-electron chi connectivity index (χ3n) is 6.25. The van der Waals surface area contributed by atoms with E-state index < -0.39 is 52.1 Å². The van der Waals surface area contributed by atoms with Crippen LogP contribution in [0.4, 0.5) is 13.2 Å². The normalized spacial score (nSPS) is 29.2. The van der Waals surface area contributed by atoms with Gasteiger partial charge in [-0.2, -0.15) is 0 Å². The minimum absolute atomic E-state index is 0.0652. The Hall–Kier alpha value is -1.70. The van der Waals surface area contributed by atoms with E-state index >= 15 is 0 Å². The number of rotatable bonds is 4. The molecule has 8 nitrogen and oxygen atoms in total. The van der Waals surface area contributed by atoms with E-state index in [1.807, 2.05) is 27.7 Å². The number of hydrogen-bond donors (Lipinski definition) is 2. The zero-order valence-electron chi connectivity index (χ0n) is 21.0. The van der Waals surface area contributed by atoms with E-state index in [1.54, 1.807) is 14.2 Å². The number of aromatic nitrogens is 3. The minimum atomic E-state index is -1.53. The second-order valence-electron chi connectivity index (χ2n) is 9.50. The highest BCUT2D eigenvalue weighted by Crippen LogP contribution is 2.47. The fraction of sp³-hybridized carbons (Fsp3) is 0.652. The predicted octanol–water partition coefficient (Wildman–Crippen LogP) is 3.44. The third kappa shape index (κ3) is 6.36. The van der Waals surface area contributed by atoms with Crippen molar-refractivity contribution in [2.45, 2.75) is 62.8 Å². The van der Waals surface area contributed by atoms with Crippen molar-refractivity contribution in [2.24, 2.45) is 0 Å². The number of methoxy groups -OCH3 is 2. The maximum absolute atomic E-state index is 13.6. The van der Waals surface area contributed by atoms with Crippen molar-refractivity contribution < 1.29 is 37.2 Å². The highest BCUT2D eigenvalue weighted by Gasteiger charge is 2.49.